The molecule has 0 fully saturated rings. The summed E-state index contributed by atoms with van der Waals surface area (Å²) < 4.78 is 12.0. The average molecular weight is 419 g/mol. The molecule has 22 heavy (non-hydrogen) atoms. The van der Waals surface area contributed by atoms with Crippen molar-refractivity contribution in [1.29, 1.82) is 0 Å². The lowest BCUT2D eigenvalue weighted by Gasteiger charge is -2.29. The van der Waals surface area contributed by atoms with Crippen LogP contribution in [0, 0.1) is 6.92 Å². The predicted octanol–water partition coefficient (Wildman–Crippen LogP) is 4.19. The first-order chi connectivity index (χ1) is 10.2. The first kappa shape index (κ1) is 19.2. The number of ether oxygens (including phenoxy) is 2. The highest BCUT2D eigenvalue weighted by molar-refractivity contribution is 14.1. The summed E-state index contributed by atoms with van der Waals surface area (Å²) in [4.78, 5) is 11.6. The van der Waals surface area contributed by atoms with E-state index in [0.29, 0.717) is 13.2 Å². The molecule has 0 aliphatic heterocycles. The van der Waals surface area contributed by atoms with Crippen LogP contribution in [0.5, 0.6) is 0 Å². The molecule has 0 heterocycles. The number of alkyl carbamates (subject to hydrolysis) is 1. The molecule has 5 heteroatoms. The molecule has 0 spiro atoms. The number of benzene rings is 1. The predicted molar refractivity (Wildman–Crippen MR) is 97.6 cm³/mol. The topological polar surface area (TPSA) is 47.6 Å². The molecule has 0 aromatic heterocycles. The second kappa shape index (κ2) is 8.15. The van der Waals surface area contributed by atoms with Crippen LogP contribution in [0.2, 0.25) is 0 Å². The van der Waals surface area contributed by atoms with Gasteiger partial charge in [-0.15, -0.1) is 0 Å². The third-order valence-electron chi connectivity index (χ3n) is 3.07. The van der Waals surface area contributed by atoms with Gasteiger partial charge in [0, 0.05) is 11.0 Å². The summed E-state index contributed by atoms with van der Waals surface area (Å²) in [5.74, 6) is 0. The number of hydrogen-bond acceptors (Lipinski definition) is 3. The van der Waals surface area contributed by atoms with Crippen molar-refractivity contribution in [1.82, 2.24) is 5.32 Å². The summed E-state index contributed by atoms with van der Waals surface area (Å²) in [5, 5.41) is 2.71. The van der Waals surface area contributed by atoms with Gasteiger partial charge in [-0.05, 0) is 40.2 Å². The Morgan fingerprint density at radius 3 is 2.50 bits per heavy atom. The molecule has 1 atom stereocenters. The Morgan fingerprint density at radius 2 is 1.95 bits per heavy atom. The molecule has 1 rings (SSSR count). The van der Waals surface area contributed by atoms with Crippen LogP contribution in [0.4, 0.5) is 4.79 Å². The van der Waals surface area contributed by atoms with Gasteiger partial charge in [0.15, 0.2) is 0 Å². The number of hydrogen-bond donors (Lipinski definition) is 1. The second-order valence-corrected chi connectivity index (χ2v) is 7.27. The Hall–Kier alpha value is -0.820. The maximum atomic E-state index is 11.6. The van der Waals surface area contributed by atoms with E-state index in [2.05, 4.69) is 60.0 Å². The van der Waals surface area contributed by atoms with Gasteiger partial charge < -0.3 is 14.8 Å². The van der Waals surface area contributed by atoms with Crippen LogP contribution >= 0.6 is 22.6 Å². The van der Waals surface area contributed by atoms with Crippen molar-refractivity contribution in [2.75, 3.05) is 17.6 Å². The van der Waals surface area contributed by atoms with E-state index in [1.807, 2.05) is 26.8 Å². The summed E-state index contributed by atoms with van der Waals surface area (Å²) in [6.45, 7) is 10.5. The molecule has 1 aromatic rings. The number of carbonyl (C=O) groups is 1. The SMILES string of the molecule is Cc1cccc([C@](C)(CI)OCCNC(=O)OC(C)(C)C)c1. The highest BCUT2D eigenvalue weighted by Crippen LogP contribution is 2.28. The van der Waals surface area contributed by atoms with E-state index in [0.717, 1.165) is 9.99 Å². The number of halogens is 1. The van der Waals surface area contributed by atoms with Gasteiger partial charge in [-0.2, -0.15) is 0 Å². The van der Waals surface area contributed by atoms with Crippen LogP contribution in [-0.2, 0) is 15.1 Å². The zero-order chi connectivity index (χ0) is 16.8. The second-order valence-electron chi connectivity index (χ2n) is 6.51. The Morgan fingerprint density at radius 1 is 1.27 bits per heavy atom. The minimum absolute atomic E-state index is 0.359. The Bertz CT molecular complexity index is 499. The normalized spacial score (nSPS) is 14.3. The summed E-state index contributed by atoms with van der Waals surface area (Å²) in [7, 11) is 0. The van der Waals surface area contributed by atoms with Crippen LogP contribution < -0.4 is 5.32 Å². The number of aryl methyl sites for hydroxylation is 1. The van der Waals surface area contributed by atoms with Crippen molar-refractivity contribution < 1.29 is 14.3 Å². The van der Waals surface area contributed by atoms with Gasteiger partial charge in [-0.1, -0.05) is 52.4 Å². The molecule has 0 radical (unpaired) electrons. The molecule has 0 bridgehead atoms. The largest absolute Gasteiger partial charge is 0.444 e. The minimum atomic E-state index is -0.483. The quantitative estimate of drug-likeness (QED) is 0.428. The fraction of sp³-hybridized carbons (Fsp3) is 0.588. The van der Waals surface area contributed by atoms with Crippen LogP contribution in [0.3, 0.4) is 0 Å². The average Bonchev–Trinajstić information content (AvgIpc) is 2.41. The van der Waals surface area contributed by atoms with Gasteiger partial charge in [-0.3, -0.25) is 0 Å². The Balaban J connectivity index is 2.49. The van der Waals surface area contributed by atoms with E-state index in [4.69, 9.17) is 9.47 Å². The van der Waals surface area contributed by atoms with Gasteiger partial charge in [0.2, 0.25) is 0 Å². The first-order valence-corrected chi connectivity index (χ1v) is 8.93. The molecule has 0 saturated heterocycles. The van der Waals surface area contributed by atoms with Crippen molar-refractivity contribution in [3.05, 3.63) is 35.4 Å². The third kappa shape index (κ3) is 6.52. The zero-order valence-electron chi connectivity index (χ0n) is 14.0. The van der Waals surface area contributed by atoms with Gasteiger partial charge in [0.25, 0.3) is 0 Å². The van der Waals surface area contributed by atoms with E-state index in [-0.39, 0.29) is 5.60 Å². The molecule has 0 saturated carbocycles. The summed E-state index contributed by atoms with van der Waals surface area (Å²) in [5.41, 5.74) is 1.52. The fourth-order valence-corrected chi connectivity index (χ4v) is 2.58. The van der Waals surface area contributed by atoms with Crippen LogP contribution in [0.25, 0.3) is 0 Å². The third-order valence-corrected chi connectivity index (χ3v) is 4.53. The number of rotatable bonds is 6. The van der Waals surface area contributed by atoms with E-state index in [1.165, 1.54) is 5.56 Å². The molecule has 0 aliphatic rings. The number of carbonyl (C=O) groups excluding carboxylic acids is 1. The van der Waals surface area contributed by atoms with Crippen molar-refractivity contribution in [3.63, 3.8) is 0 Å². The van der Waals surface area contributed by atoms with E-state index < -0.39 is 11.7 Å². The van der Waals surface area contributed by atoms with Crippen LogP contribution in [0.15, 0.2) is 24.3 Å². The molecular formula is C17H26INO3. The van der Waals surface area contributed by atoms with Crippen molar-refractivity contribution >= 4 is 28.7 Å². The lowest BCUT2D eigenvalue weighted by molar-refractivity contribution is -0.0150. The van der Waals surface area contributed by atoms with Crippen LogP contribution in [0.1, 0.15) is 38.8 Å². The standard InChI is InChI=1S/C17H26INO3/c1-13-7-6-8-14(11-13)17(5,12-18)21-10-9-19-15(20)22-16(2,3)4/h6-8,11H,9-10,12H2,1-5H3,(H,19,20)/t17-/m0/s1. The van der Waals surface area contributed by atoms with E-state index in [1.54, 1.807) is 0 Å². The van der Waals surface area contributed by atoms with Gasteiger partial charge in [0.05, 0.1) is 12.2 Å². The fourth-order valence-electron chi connectivity index (χ4n) is 1.92. The van der Waals surface area contributed by atoms with Crippen LogP contribution in [-0.4, -0.2) is 29.3 Å². The molecule has 1 N–H and O–H groups in total. The number of nitrogens with one attached hydrogen (secondary N) is 1. The van der Waals surface area contributed by atoms with Crippen molar-refractivity contribution in [2.24, 2.45) is 0 Å². The lowest BCUT2D eigenvalue weighted by Crippen LogP contribution is -2.36. The maximum absolute atomic E-state index is 11.6. The maximum Gasteiger partial charge on any atom is 0.407 e. The van der Waals surface area contributed by atoms with E-state index >= 15 is 0 Å². The molecule has 0 unspecified atom stereocenters. The van der Waals surface area contributed by atoms with Gasteiger partial charge in [0.1, 0.15) is 5.60 Å². The Labute approximate surface area is 147 Å². The molecule has 0 aliphatic carbocycles. The molecular weight excluding hydrogens is 393 g/mol. The van der Waals surface area contributed by atoms with Crippen molar-refractivity contribution in [2.45, 2.75) is 45.8 Å². The summed E-state index contributed by atoms with van der Waals surface area (Å²) in [6, 6.07) is 8.33. The molecule has 4 nitrogen and oxygen atoms in total. The first-order valence-electron chi connectivity index (χ1n) is 7.40. The number of alkyl halides is 1. The van der Waals surface area contributed by atoms with Crippen molar-refractivity contribution in [3.8, 4) is 0 Å². The zero-order valence-corrected chi connectivity index (χ0v) is 16.2. The van der Waals surface area contributed by atoms with E-state index in [9.17, 15) is 4.79 Å². The minimum Gasteiger partial charge on any atom is -0.444 e. The van der Waals surface area contributed by atoms with Gasteiger partial charge in [-0.25, -0.2) is 4.79 Å². The van der Waals surface area contributed by atoms with Gasteiger partial charge >= 0.3 is 6.09 Å². The smallest absolute Gasteiger partial charge is 0.407 e. The summed E-state index contributed by atoms with van der Waals surface area (Å²) in [6.07, 6.45) is -0.414. The highest BCUT2D eigenvalue weighted by atomic mass is 127. The summed E-state index contributed by atoms with van der Waals surface area (Å²) >= 11 is 2.33. The molecule has 124 valence electrons. The molecule has 1 amide bonds. The highest BCUT2D eigenvalue weighted by Gasteiger charge is 2.26. The lowest BCUT2D eigenvalue weighted by atomic mass is 9.96. The molecule has 1 aromatic carbocycles. The Kier molecular flexibility index (Phi) is 7.12. The number of amides is 1. The monoisotopic (exact) mass is 419 g/mol.